The Labute approximate surface area is 220 Å². The normalized spacial score (nSPS) is 15.9. The number of benzene rings is 2. The van der Waals surface area contributed by atoms with Crippen molar-refractivity contribution in [1.82, 2.24) is 20.2 Å². The first-order valence-electron chi connectivity index (χ1n) is 12.0. The summed E-state index contributed by atoms with van der Waals surface area (Å²) >= 11 is 8.20. The van der Waals surface area contributed by atoms with E-state index in [1.165, 1.54) is 33.8 Å². The first-order valence-corrected chi connectivity index (χ1v) is 13.2. The van der Waals surface area contributed by atoms with Crippen molar-refractivity contribution in [3.05, 3.63) is 82.1 Å². The van der Waals surface area contributed by atoms with Gasteiger partial charge in [-0.3, -0.25) is 5.10 Å². The highest BCUT2D eigenvalue weighted by molar-refractivity contribution is 7.22. The van der Waals surface area contributed by atoms with E-state index in [1.807, 2.05) is 12.1 Å². The second-order valence-electron chi connectivity index (χ2n) is 9.18. The summed E-state index contributed by atoms with van der Waals surface area (Å²) in [5.74, 6) is 0.971. The van der Waals surface area contributed by atoms with Gasteiger partial charge in [0.2, 0.25) is 0 Å². The summed E-state index contributed by atoms with van der Waals surface area (Å²) in [6.07, 6.45) is 4.46. The minimum atomic E-state index is -0.296. The van der Waals surface area contributed by atoms with Crippen LogP contribution in [-0.4, -0.2) is 32.9 Å². The number of hydrogen-bond donors (Lipinski definition) is 2. The number of hydrogen-bond acceptors (Lipinski definition) is 7. The summed E-state index contributed by atoms with van der Waals surface area (Å²) < 4.78 is 24.7. The van der Waals surface area contributed by atoms with E-state index in [0.717, 1.165) is 58.8 Å². The largest absolute Gasteiger partial charge is 0.487 e. The minimum Gasteiger partial charge on any atom is -0.487 e. The highest BCUT2D eigenvalue weighted by Gasteiger charge is 2.31. The number of aromatic amines is 1. The van der Waals surface area contributed by atoms with Crippen LogP contribution in [0.15, 0.2) is 48.8 Å². The number of epoxide rings is 1. The summed E-state index contributed by atoms with van der Waals surface area (Å²) in [6.45, 7) is 1.03. The van der Waals surface area contributed by atoms with Crippen LogP contribution < -0.4 is 10.1 Å². The van der Waals surface area contributed by atoms with E-state index in [4.69, 9.17) is 21.1 Å². The lowest BCUT2D eigenvalue weighted by atomic mass is 9.92. The Morgan fingerprint density at radius 3 is 2.95 bits per heavy atom. The number of nitrogens with zero attached hydrogens (tertiary/aromatic N) is 3. The van der Waals surface area contributed by atoms with Gasteiger partial charge in [0.15, 0.2) is 0 Å². The molecule has 0 amide bonds. The van der Waals surface area contributed by atoms with E-state index in [0.29, 0.717) is 10.8 Å². The van der Waals surface area contributed by atoms with E-state index in [1.54, 1.807) is 35.9 Å². The Balaban J connectivity index is 1.17. The van der Waals surface area contributed by atoms with Gasteiger partial charge in [0.05, 0.1) is 28.8 Å². The SMILES string of the molecule is Fc1cccc(COc2ccc(Nc3ncnc4sc5c(c34)CCc3[nH]nc(CC4CO4)c3-5)cc2Cl)c1. The fraction of sp³-hybridized carbons (Fsp3) is 0.222. The molecule has 2 N–H and O–H groups in total. The van der Waals surface area contributed by atoms with Crippen LogP contribution in [0.25, 0.3) is 20.7 Å². The molecule has 5 aromatic rings. The number of H-pyrrole nitrogens is 1. The molecule has 186 valence electrons. The Bertz CT molecular complexity index is 1650. The number of rotatable bonds is 7. The number of aryl methyl sites for hydroxylation is 2. The van der Waals surface area contributed by atoms with Crippen molar-refractivity contribution in [2.75, 3.05) is 11.9 Å². The topological polar surface area (TPSA) is 88.2 Å². The van der Waals surface area contributed by atoms with Gasteiger partial charge in [-0.05, 0) is 54.3 Å². The molecule has 3 aromatic heterocycles. The number of anilines is 2. The van der Waals surface area contributed by atoms with Crippen molar-refractivity contribution >= 4 is 44.7 Å². The standard InChI is InChI=1S/C27H21ClFN5O2S/c28-19-9-16(4-7-22(19)36-11-14-2-1-3-15(29)8-14)32-26-23-18-5-6-20-24(21(34-33-20)10-17-12-35-17)25(18)37-27(23)31-13-30-26/h1-4,7-9,13,17H,5-6,10-12H2,(H,33,34)(H,30,31,32). The van der Waals surface area contributed by atoms with Crippen LogP contribution in [0.5, 0.6) is 5.75 Å². The van der Waals surface area contributed by atoms with Gasteiger partial charge in [0.25, 0.3) is 0 Å². The summed E-state index contributed by atoms with van der Waals surface area (Å²) in [5, 5.41) is 12.8. The van der Waals surface area contributed by atoms with Crippen molar-refractivity contribution in [3.8, 4) is 16.2 Å². The fourth-order valence-electron chi connectivity index (χ4n) is 4.82. The third-order valence-corrected chi connectivity index (χ3v) is 8.11. The zero-order valence-corrected chi connectivity index (χ0v) is 21.1. The molecule has 1 aliphatic carbocycles. The maximum atomic E-state index is 13.4. The van der Waals surface area contributed by atoms with Gasteiger partial charge in [-0.2, -0.15) is 5.10 Å². The molecular weight excluding hydrogens is 513 g/mol. The molecule has 0 saturated carbocycles. The quantitative estimate of drug-likeness (QED) is 0.241. The first kappa shape index (κ1) is 22.7. The molecule has 37 heavy (non-hydrogen) atoms. The Kier molecular flexibility index (Phi) is 5.57. The molecule has 1 saturated heterocycles. The molecule has 4 heterocycles. The van der Waals surface area contributed by atoms with Crippen LogP contribution in [-0.2, 0) is 30.6 Å². The maximum Gasteiger partial charge on any atom is 0.142 e. The number of fused-ring (bicyclic) bond motifs is 5. The molecule has 1 atom stereocenters. The lowest BCUT2D eigenvalue weighted by Gasteiger charge is -2.14. The van der Waals surface area contributed by atoms with Crippen LogP contribution >= 0.6 is 22.9 Å². The third kappa shape index (κ3) is 4.33. The molecule has 0 spiro atoms. The predicted octanol–water partition coefficient (Wildman–Crippen LogP) is 6.24. The van der Waals surface area contributed by atoms with Gasteiger partial charge in [-0.25, -0.2) is 14.4 Å². The summed E-state index contributed by atoms with van der Waals surface area (Å²) in [6, 6.07) is 11.8. The zero-order valence-electron chi connectivity index (χ0n) is 19.6. The van der Waals surface area contributed by atoms with Crippen LogP contribution in [0.4, 0.5) is 15.9 Å². The average molecular weight is 534 g/mol. The minimum absolute atomic E-state index is 0.225. The van der Waals surface area contributed by atoms with Gasteiger partial charge in [0.1, 0.15) is 35.1 Å². The van der Waals surface area contributed by atoms with Crippen molar-refractivity contribution < 1.29 is 13.9 Å². The Morgan fingerprint density at radius 1 is 1.19 bits per heavy atom. The molecule has 7 rings (SSSR count). The third-order valence-electron chi connectivity index (χ3n) is 6.66. The lowest BCUT2D eigenvalue weighted by Crippen LogP contribution is -2.04. The molecule has 1 fully saturated rings. The molecule has 1 aliphatic heterocycles. The smallest absolute Gasteiger partial charge is 0.142 e. The highest BCUT2D eigenvalue weighted by atomic mass is 35.5. The summed E-state index contributed by atoms with van der Waals surface area (Å²) in [4.78, 5) is 11.3. The van der Waals surface area contributed by atoms with Crippen LogP contribution in [0.1, 0.15) is 22.5 Å². The summed E-state index contributed by atoms with van der Waals surface area (Å²) in [7, 11) is 0. The maximum absolute atomic E-state index is 13.4. The van der Waals surface area contributed by atoms with Crippen molar-refractivity contribution in [1.29, 1.82) is 0 Å². The molecule has 1 unspecified atom stereocenters. The second kappa shape index (κ2) is 9.09. The fourth-order valence-corrected chi connectivity index (χ4v) is 6.34. The van der Waals surface area contributed by atoms with Crippen LogP contribution in [0.2, 0.25) is 5.02 Å². The van der Waals surface area contributed by atoms with Crippen molar-refractivity contribution in [3.63, 3.8) is 0 Å². The number of halogens is 2. The molecule has 0 bridgehead atoms. The number of aromatic nitrogens is 4. The molecular formula is C27H21ClFN5O2S. The second-order valence-corrected chi connectivity index (χ2v) is 10.6. The van der Waals surface area contributed by atoms with Gasteiger partial charge in [-0.15, -0.1) is 11.3 Å². The van der Waals surface area contributed by atoms with Crippen LogP contribution in [0, 0.1) is 5.82 Å². The van der Waals surface area contributed by atoms with Gasteiger partial charge >= 0.3 is 0 Å². The van der Waals surface area contributed by atoms with Crippen molar-refractivity contribution in [2.24, 2.45) is 0 Å². The lowest BCUT2D eigenvalue weighted by molar-refractivity contribution is 0.306. The molecule has 2 aliphatic rings. The molecule has 0 radical (unpaired) electrons. The van der Waals surface area contributed by atoms with Gasteiger partial charge < -0.3 is 14.8 Å². The van der Waals surface area contributed by atoms with E-state index < -0.39 is 0 Å². The Hall–Kier alpha value is -3.53. The van der Waals surface area contributed by atoms with Gasteiger partial charge in [0, 0.05) is 28.2 Å². The number of ether oxygens (including phenoxy) is 2. The highest BCUT2D eigenvalue weighted by Crippen LogP contribution is 2.46. The molecule has 7 nitrogen and oxygen atoms in total. The zero-order chi connectivity index (χ0) is 24.9. The van der Waals surface area contributed by atoms with E-state index in [2.05, 4.69) is 25.5 Å². The van der Waals surface area contributed by atoms with Gasteiger partial charge in [-0.1, -0.05) is 23.7 Å². The Morgan fingerprint density at radius 2 is 2.11 bits per heavy atom. The number of thiophene rings is 1. The average Bonchev–Trinajstić information content (AvgIpc) is 3.48. The van der Waals surface area contributed by atoms with Crippen LogP contribution in [0.3, 0.4) is 0 Å². The van der Waals surface area contributed by atoms with Crippen molar-refractivity contribution in [2.45, 2.75) is 32.0 Å². The number of nitrogens with one attached hydrogen (secondary N) is 2. The monoisotopic (exact) mass is 533 g/mol. The first-order chi connectivity index (χ1) is 18.1. The molecule has 10 heteroatoms. The van der Waals surface area contributed by atoms with E-state index in [9.17, 15) is 4.39 Å². The summed E-state index contributed by atoms with van der Waals surface area (Å²) in [5.41, 5.74) is 6.21. The molecule has 2 aromatic carbocycles. The predicted molar refractivity (Wildman–Crippen MR) is 141 cm³/mol. The van der Waals surface area contributed by atoms with E-state index in [-0.39, 0.29) is 18.5 Å². The van der Waals surface area contributed by atoms with E-state index >= 15 is 0 Å².